The lowest BCUT2D eigenvalue weighted by Gasteiger charge is -2.03. The average Bonchev–Trinajstić information content (AvgIpc) is 2.34. The van der Waals surface area contributed by atoms with E-state index < -0.39 is 0 Å². The second-order valence-electron chi connectivity index (χ2n) is 3.01. The summed E-state index contributed by atoms with van der Waals surface area (Å²) in [4.78, 5) is 11.1. The zero-order chi connectivity index (χ0) is 11.8. The SMILES string of the molecule is COc1ccc(COC(=O)/C=C/CBr)cc1. The Morgan fingerprint density at radius 1 is 1.38 bits per heavy atom. The van der Waals surface area contributed by atoms with Crippen molar-refractivity contribution in [1.82, 2.24) is 0 Å². The maximum absolute atomic E-state index is 11.1. The molecule has 0 saturated heterocycles. The third-order valence-electron chi connectivity index (χ3n) is 1.88. The molecular formula is C12H13BrO3. The number of hydrogen-bond acceptors (Lipinski definition) is 3. The molecule has 0 amide bonds. The molecule has 16 heavy (non-hydrogen) atoms. The first-order chi connectivity index (χ1) is 7.76. The van der Waals surface area contributed by atoms with Crippen LogP contribution in [-0.4, -0.2) is 18.4 Å². The van der Waals surface area contributed by atoms with Crippen LogP contribution in [0.3, 0.4) is 0 Å². The van der Waals surface area contributed by atoms with Crippen LogP contribution in [0.15, 0.2) is 36.4 Å². The van der Waals surface area contributed by atoms with Gasteiger partial charge in [0.1, 0.15) is 12.4 Å². The third kappa shape index (κ3) is 4.49. The number of allylic oxidation sites excluding steroid dienone is 1. The summed E-state index contributed by atoms with van der Waals surface area (Å²) >= 11 is 3.18. The Labute approximate surface area is 103 Å². The number of hydrogen-bond donors (Lipinski definition) is 0. The fourth-order valence-corrected chi connectivity index (χ4v) is 1.25. The van der Waals surface area contributed by atoms with Gasteiger partial charge >= 0.3 is 5.97 Å². The number of benzene rings is 1. The van der Waals surface area contributed by atoms with Crippen molar-refractivity contribution in [2.45, 2.75) is 6.61 Å². The third-order valence-corrected chi connectivity index (χ3v) is 2.26. The maximum Gasteiger partial charge on any atom is 0.330 e. The molecule has 0 spiro atoms. The second-order valence-corrected chi connectivity index (χ2v) is 3.66. The van der Waals surface area contributed by atoms with E-state index in [1.54, 1.807) is 13.2 Å². The van der Waals surface area contributed by atoms with Gasteiger partial charge in [0.05, 0.1) is 7.11 Å². The molecular weight excluding hydrogens is 272 g/mol. The smallest absolute Gasteiger partial charge is 0.330 e. The molecule has 1 aromatic carbocycles. The molecule has 0 atom stereocenters. The molecule has 0 aromatic heterocycles. The number of esters is 1. The minimum Gasteiger partial charge on any atom is -0.497 e. The van der Waals surface area contributed by atoms with Gasteiger partial charge in [-0.3, -0.25) is 0 Å². The van der Waals surface area contributed by atoms with E-state index in [-0.39, 0.29) is 12.6 Å². The number of halogens is 1. The molecule has 0 N–H and O–H groups in total. The van der Waals surface area contributed by atoms with Gasteiger partial charge in [-0.2, -0.15) is 0 Å². The normalized spacial score (nSPS) is 10.4. The van der Waals surface area contributed by atoms with Gasteiger partial charge in [0.2, 0.25) is 0 Å². The van der Waals surface area contributed by atoms with Crippen LogP contribution in [0.5, 0.6) is 5.75 Å². The summed E-state index contributed by atoms with van der Waals surface area (Å²) in [5.74, 6) is 0.449. The highest BCUT2D eigenvalue weighted by molar-refractivity contribution is 9.09. The minimum atomic E-state index is -0.338. The lowest BCUT2D eigenvalue weighted by atomic mass is 10.2. The molecule has 4 heteroatoms. The zero-order valence-corrected chi connectivity index (χ0v) is 10.6. The van der Waals surface area contributed by atoms with Crippen LogP contribution in [0.4, 0.5) is 0 Å². The standard InChI is InChI=1S/C12H13BrO3/c1-15-11-6-4-10(5-7-11)9-16-12(14)3-2-8-13/h2-7H,8-9H2,1H3/b3-2+. The zero-order valence-electron chi connectivity index (χ0n) is 8.98. The largest absolute Gasteiger partial charge is 0.497 e. The number of rotatable bonds is 5. The van der Waals surface area contributed by atoms with Crippen LogP contribution in [0.25, 0.3) is 0 Å². The van der Waals surface area contributed by atoms with Crippen molar-refractivity contribution < 1.29 is 14.3 Å². The van der Waals surface area contributed by atoms with Crippen molar-refractivity contribution in [1.29, 1.82) is 0 Å². The molecule has 3 nitrogen and oxygen atoms in total. The summed E-state index contributed by atoms with van der Waals surface area (Å²) in [6.07, 6.45) is 3.09. The summed E-state index contributed by atoms with van der Waals surface area (Å²) in [5.41, 5.74) is 0.932. The lowest BCUT2D eigenvalue weighted by molar-refractivity contribution is -0.139. The van der Waals surface area contributed by atoms with E-state index in [9.17, 15) is 4.79 Å². The Hall–Kier alpha value is -1.29. The Bertz CT molecular complexity index is 357. The van der Waals surface area contributed by atoms with E-state index in [2.05, 4.69) is 15.9 Å². The average molecular weight is 285 g/mol. The van der Waals surface area contributed by atoms with E-state index in [0.717, 1.165) is 11.3 Å². The molecule has 0 saturated carbocycles. The highest BCUT2D eigenvalue weighted by Crippen LogP contribution is 2.11. The first kappa shape index (κ1) is 12.8. The monoisotopic (exact) mass is 284 g/mol. The van der Waals surface area contributed by atoms with Crippen molar-refractivity contribution in [3.63, 3.8) is 0 Å². The topological polar surface area (TPSA) is 35.5 Å². The van der Waals surface area contributed by atoms with Crippen LogP contribution < -0.4 is 4.74 Å². The summed E-state index contributed by atoms with van der Waals surface area (Å²) in [6.45, 7) is 0.273. The Morgan fingerprint density at radius 3 is 2.62 bits per heavy atom. The summed E-state index contributed by atoms with van der Waals surface area (Å²) in [6, 6.07) is 7.38. The molecule has 0 unspecified atom stereocenters. The Kier molecular flexibility index (Phi) is 5.64. The van der Waals surface area contributed by atoms with E-state index in [1.165, 1.54) is 6.08 Å². The van der Waals surface area contributed by atoms with Crippen LogP contribution >= 0.6 is 15.9 Å². The number of alkyl halides is 1. The van der Waals surface area contributed by atoms with Gasteiger partial charge in [-0.1, -0.05) is 34.1 Å². The lowest BCUT2D eigenvalue weighted by Crippen LogP contribution is -2.00. The predicted molar refractivity (Wildman–Crippen MR) is 65.7 cm³/mol. The number of ether oxygens (including phenoxy) is 2. The first-order valence-corrected chi connectivity index (χ1v) is 5.90. The molecule has 0 aliphatic rings. The van der Waals surface area contributed by atoms with Gasteiger partial charge in [-0.15, -0.1) is 0 Å². The summed E-state index contributed by atoms with van der Waals surface area (Å²) < 4.78 is 10.0. The quantitative estimate of drug-likeness (QED) is 0.474. The second kappa shape index (κ2) is 7.06. The van der Waals surface area contributed by atoms with Gasteiger partial charge in [0.15, 0.2) is 0 Å². The van der Waals surface area contributed by atoms with Crippen LogP contribution in [0, 0.1) is 0 Å². The fourth-order valence-electron chi connectivity index (χ4n) is 1.07. The van der Waals surface area contributed by atoms with Crippen molar-refractivity contribution in [3.05, 3.63) is 42.0 Å². The number of carbonyl (C=O) groups excluding carboxylic acids is 1. The van der Waals surface area contributed by atoms with E-state index >= 15 is 0 Å². The van der Waals surface area contributed by atoms with Gasteiger partial charge in [0, 0.05) is 11.4 Å². The molecule has 1 aromatic rings. The van der Waals surface area contributed by atoms with Crippen LogP contribution in [-0.2, 0) is 16.1 Å². The molecule has 0 aliphatic heterocycles. The maximum atomic E-state index is 11.1. The molecule has 0 bridgehead atoms. The molecule has 0 fully saturated rings. The van der Waals surface area contributed by atoms with E-state index in [0.29, 0.717) is 5.33 Å². The molecule has 0 aliphatic carbocycles. The molecule has 1 rings (SSSR count). The molecule has 0 radical (unpaired) electrons. The van der Waals surface area contributed by atoms with Crippen LogP contribution in [0.2, 0.25) is 0 Å². The summed E-state index contributed by atoms with van der Waals surface area (Å²) in [5, 5.41) is 0.643. The number of carbonyl (C=O) groups is 1. The minimum absolute atomic E-state index is 0.273. The first-order valence-electron chi connectivity index (χ1n) is 4.78. The highest BCUT2D eigenvalue weighted by atomic mass is 79.9. The Balaban J connectivity index is 2.42. The van der Waals surface area contributed by atoms with Crippen molar-refractivity contribution in [3.8, 4) is 5.75 Å². The van der Waals surface area contributed by atoms with Crippen molar-refractivity contribution in [2.24, 2.45) is 0 Å². The van der Waals surface area contributed by atoms with Crippen molar-refractivity contribution in [2.75, 3.05) is 12.4 Å². The van der Waals surface area contributed by atoms with Gasteiger partial charge in [-0.05, 0) is 17.7 Å². The van der Waals surface area contributed by atoms with E-state index in [4.69, 9.17) is 9.47 Å². The Morgan fingerprint density at radius 2 is 2.06 bits per heavy atom. The highest BCUT2D eigenvalue weighted by Gasteiger charge is 1.98. The van der Waals surface area contributed by atoms with Gasteiger partial charge in [0.25, 0.3) is 0 Å². The van der Waals surface area contributed by atoms with Gasteiger partial charge in [-0.25, -0.2) is 4.79 Å². The summed E-state index contributed by atoms with van der Waals surface area (Å²) in [7, 11) is 1.61. The predicted octanol–water partition coefficient (Wildman–Crippen LogP) is 2.69. The number of methoxy groups -OCH3 is 1. The van der Waals surface area contributed by atoms with Crippen molar-refractivity contribution >= 4 is 21.9 Å². The molecule has 0 heterocycles. The van der Waals surface area contributed by atoms with Crippen LogP contribution in [0.1, 0.15) is 5.56 Å². The van der Waals surface area contributed by atoms with Gasteiger partial charge < -0.3 is 9.47 Å². The fraction of sp³-hybridized carbons (Fsp3) is 0.250. The van der Waals surface area contributed by atoms with E-state index in [1.807, 2.05) is 24.3 Å². The molecule has 86 valence electrons.